The van der Waals surface area contributed by atoms with E-state index >= 15 is 0 Å². The summed E-state index contributed by atoms with van der Waals surface area (Å²) >= 11 is 0. The molecule has 102 valence electrons. The van der Waals surface area contributed by atoms with Crippen LogP contribution >= 0.6 is 0 Å². The molecule has 2 N–H and O–H groups in total. The van der Waals surface area contributed by atoms with Crippen molar-refractivity contribution in [3.05, 3.63) is 29.8 Å². The predicted octanol–water partition coefficient (Wildman–Crippen LogP) is 2.05. The second-order valence-corrected chi connectivity index (χ2v) is 4.24. The molecule has 1 aromatic carbocycles. The zero-order valence-electron chi connectivity index (χ0n) is 9.90. The minimum absolute atomic E-state index is 0.278. The van der Waals surface area contributed by atoms with Gasteiger partial charge in [0.25, 0.3) is 0 Å². The molecule has 7 heteroatoms. The molecule has 1 aromatic rings. The SMILES string of the molecule is O=C(O)[C@@H]1CCCN1C(=O)Nc1cc(F)ccc1F. The Morgan fingerprint density at radius 1 is 1.37 bits per heavy atom. The third-order valence-electron chi connectivity index (χ3n) is 2.97. The maximum Gasteiger partial charge on any atom is 0.326 e. The summed E-state index contributed by atoms with van der Waals surface area (Å²) < 4.78 is 26.3. The van der Waals surface area contributed by atoms with Gasteiger partial charge < -0.3 is 15.3 Å². The molecule has 0 unspecified atom stereocenters. The number of amides is 2. The van der Waals surface area contributed by atoms with Crippen LogP contribution in [0.25, 0.3) is 0 Å². The van der Waals surface area contributed by atoms with Gasteiger partial charge in [0.2, 0.25) is 0 Å². The van der Waals surface area contributed by atoms with Crippen LogP contribution in [-0.4, -0.2) is 34.6 Å². The molecular weight excluding hydrogens is 258 g/mol. The number of nitrogens with one attached hydrogen (secondary N) is 1. The molecule has 0 aliphatic carbocycles. The van der Waals surface area contributed by atoms with Crippen molar-refractivity contribution in [2.24, 2.45) is 0 Å². The zero-order valence-corrected chi connectivity index (χ0v) is 9.90. The van der Waals surface area contributed by atoms with Crippen LogP contribution in [-0.2, 0) is 4.79 Å². The van der Waals surface area contributed by atoms with Gasteiger partial charge in [0.1, 0.15) is 17.7 Å². The first kappa shape index (κ1) is 13.3. The lowest BCUT2D eigenvalue weighted by Gasteiger charge is -2.21. The largest absolute Gasteiger partial charge is 0.480 e. The molecule has 0 saturated carbocycles. The molecule has 1 aliphatic heterocycles. The first-order chi connectivity index (χ1) is 8.99. The number of urea groups is 1. The van der Waals surface area contributed by atoms with Crippen molar-refractivity contribution >= 4 is 17.7 Å². The maximum atomic E-state index is 13.4. The maximum absolute atomic E-state index is 13.4. The van der Waals surface area contributed by atoms with Gasteiger partial charge in [-0.15, -0.1) is 0 Å². The van der Waals surface area contributed by atoms with E-state index in [0.717, 1.165) is 23.1 Å². The molecule has 0 spiro atoms. The summed E-state index contributed by atoms with van der Waals surface area (Å²) in [5.41, 5.74) is -0.305. The number of likely N-dealkylation sites (tertiary alicyclic amines) is 1. The van der Waals surface area contributed by atoms with Crippen LogP contribution in [0.15, 0.2) is 18.2 Å². The summed E-state index contributed by atoms with van der Waals surface area (Å²) in [4.78, 5) is 23.9. The molecule has 5 nitrogen and oxygen atoms in total. The molecule has 1 fully saturated rings. The van der Waals surface area contributed by atoms with Crippen LogP contribution in [0.5, 0.6) is 0 Å². The summed E-state index contributed by atoms with van der Waals surface area (Å²) in [7, 11) is 0. The molecule has 2 amide bonds. The van der Waals surface area contributed by atoms with Crippen molar-refractivity contribution in [3.8, 4) is 0 Å². The van der Waals surface area contributed by atoms with E-state index < -0.39 is 29.7 Å². The van der Waals surface area contributed by atoms with Gasteiger partial charge in [-0.25, -0.2) is 18.4 Å². The minimum Gasteiger partial charge on any atom is -0.480 e. The van der Waals surface area contributed by atoms with Crippen molar-refractivity contribution in [2.75, 3.05) is 11.9 Å². The number of hydrogen-bond donors (Lipinski definition) is 2. The van der Waals surface area contributed by atoms with E-state index in [0.29, 0.717) is 12.8 Å². The smallest absolute Gasteiger partial charge is 0.326 e. The van der Waals surface area contributed by atoms with Crippen molar-refractivity contribution in [3.63, 3.8) is 0 Å². The summed E-state index contributed by atoms with van der Waals surface area (Å²) in [6, 6.07) is 1.01. The number of nitrogens with zero attached hydrogens (tertiary/aromatic N) is 1. The summed E-state index contributed by atoms with van der Waals surface area (Å²) in [5, 5.41) is 11.1. The highest BCUT2D eigenvalue weighted by Gasteiger charge is 2.34. The van der Waals surface area contributed by atoms with Crippen LogP contribution in [0.1, 0.15) is 12.8 Å². The highest BCUT2D eigenvalue weighted by atomic mass is 19.1. The van der Waals surface area contributed by atoms with Gasteiger partial charge in [0, 0.05) is 12.6 Å². The quantitative estimate of drug-likeness (QED) is 0.864. The molecule has 0 bridgehead atoms. The molecule has 0 aromatic heterocycles. The van der Waals surface area contributed by atoms with Gasteiger partial charge in [-0.3, -0.25) is 0 Å². The number of rotatable bonds is 2. The molecule has 1 aliphatic rings. The van der Waals surface area contributed by atoms with Crippen molar-refractivity contribution in [1.29, 1.82) is 0 Å². The summed E-state index contributed by atoms with van der Waals surface area (Å²) in [6.07, 6.45) is 0.921. The Morgan fingerprint density at radius 3 is 2.79 bits per heavy atom. The van der Waals surface area contributed by atoms with E-state index in [1.807, 2.05) is 0 Å². The fourth-order valence-corrected chi connectivity index (χ4v) is 2.05. The predicted molar refractivity (Wildman–Crippen MR) is 62.7 cm³/mol. The lowest BCUT2D eigenvalue weighted by Crippen LogP contribution is -2.42. The lowest BCUT2D eigenvalue weighted by molar-refractivity contribution is -0.141. The van der Waals surface area contributed by atoms with Crippen molar-refractivity contribution in [1.82, 2.24) is 4.90 Å². The zero-order chi connectivity index (χ0) is 14.0. The number of anilines is 1. The standard InChI is InChI=1S/C12H12F2N2O3/c13-7-3-4-8(14)9(6-7)15-12(19)16-5-1-2-10(16)11(17)18/h3-4,6,10H,1-2,5H2,(H,15,19)(H,17,18)/t10-/m0/s1. The molecule has 19 heavy (non-hydrogen) atoms. The molecular formula is C12H12F2N2O3. The number of carboxylic acid groups (broad SMARTS) is 1. The Bertz CT molecular complexity index is 522. The van der Waals surface area contributed by atoms with Gasteiger partial charge in [0.15, 0.2) is 0 Å². The minimum atomic E-state index is -1.10. The molecule has 1 heterocycles. The van der Waals surface area contributed by atoms with Crippen LogP contribution in [0.2, 0.25) is 0 Å². The molecule has 1 atom stereocenters. The third kappa shape index (κ3) is 2.81. The monoisotopic (exact) mass is 270 g/mol. The van der Waals surface area contributed by atoms with E-state index in [4.69, 9.17) is 5.11 Å². The Hall–Kier alpha value is -2.18. The Balaban J connectivity index is 2.12. The molecule has 2 rings (SSSR count). The summed E-state index contributed by atoms with van der Waals surface area (Å²) in [6.45, 7) is 0.278. The number of carbonyl (C=O) groups excluding carboxylic acids is 1. The first-order valence-electron chi connectivity index (χ1n) is 5.74. The Kier molecular flexibility index (Phi) is 3.64. The van der Waals surface area contributed by atoms with Gasteiger partial charge in [-0.05, 0) is 25.0 Å². The normalized spacial score (nSPS) is 18.4. The number of aliphatic carboxylic acids is 1. The number of carbonyl (C=O) groups is 2. The molecule has 0 radical (unpaired) electrons. The highest BCUT2D eigenvalue weighted by molar-refractivity contribution is 5.92. The highest BCUT2D eigenvalue weighted by Crippen LogP contribution is 2.21. The fraction of sp³-hybridized carbons (Fsp3) is 0.333. The van der Waals surface area contributed by atoms with Crippen LogP contribution in [0, 0.1) is 11.6 Å². The van der Waals surface area contributed by atoms with Crippen LogP contribution in [0.3, 0.4) is 0 Å². The van der Waals surface area contributed by atoms with E-state index in [-0.39, 0.29) is 12.2 Å². The van der Waals surface area contributed by atoms with Gasteiger partial charge >= 0.3 is 12.0 Å². The van der Waals surface area contributed by atoms with E-state index in [1.165, 1.54) is 0 Å². The van der Waals surface area contributed by atoms with Crippen molar-refractivity contribution < 1.29 is 23.5 Å². The average Bonchev–Trinajstić information content (AvgIpc) is 2.83. The van der Waals surface area contributed by atoms with Crippen molar-refractivity contribution in [2.45, 2.75) is 18.9 Å². The fourth-order valence-electron chi connectivity index (χ4n) is 2.05. The number of halogens is 2. The Morgan fingerprint density at radius 2 is 2.11 bits per heavy atom. The van der Waals surface area contributed by atoms with Gasteiger partial charge in [0.05, 0.1) is 5.69 Å². The average molecular weight is 270 g/mol. The van der Waals surface area contributed by atoms with E-state index in [9.17, 15) is 18.4 Å². The topological polar surface area (TPSA) is 69.6 Å². The number of hydrogen-bond acceptors (Lipinski definition) is 2. The summed E-state index contributed by atoms with van der Waals surface area (Å²) in [5.74, 6) is -2.57. The number of carboxylic acids is 1. The van der Waals surface area contributed by atoms with Crippen LogP contribution < -0.4 is 5.32 Å². The van der Waals surface area contributed by atoms with Crippen LogP contribution in [0.4, 0.5) is 19.3 Å². The second kappa shape index (κ2) is 5.21. The Labute approximate surface area is 107 Å². The molecule has 1 saturated heterocycles. The lowest BCUT2D eigenvalue weighted by atomic mass is 10.2. The first-order valence-corrected chi connectivity index (χ1v) is 5.74. The number of benzene rings is 1. The van der Waals surface area contributed by atoms with Gasteiger partial charge in [-0.1, -0.05) is 0 Å². The third-order valence-corrected chi connectivity index (χ3v) is 2.97. The van der Waals surface area contributed by atoms with E-state index in [2.05, 4.69) is 5.32 Å². The van der Waals surface area contributed by atoms with Gasteiger partial charge in [-0.2, -0.15) is 0 Å². The second-order valence-electron chi connectivity index (χ2n) is 4.24. The van der Waals surface area contributed by atoms with E-state index in [1.54, 1.807) is 0 Å².